The molecule has 2 N–H and O–H groups in total. The molecule has 0 aliphatic rings. The van der Waals surface area contributed by atoms with Crippen molar-refractivity contribution in [2.45, 2.75) is 25.2 Å². The Kier molecular flexibility index (Phi) is 8.29. The summed E-state index contributed by atoms with van der Waals surface area (Å²) in [5.41, 5.74) is 0.805. The summed E-state index contributed by atoms with van der Waals surface area (Å²) in [5, 5.41) is 3.31. The molecule has 6 nitrogen and oxygen atoms in total. The zero-order valence-corrected chi connectivity index (χ0v) is 17.5. The molecule has 0 saturated heterocycles. The summed E-state index contributed by atoms with van der Waals surface area (Å²) < 4.78 is 32.8. The van der Waals surface area contributed by atoms with E-state index in [4.69, 9.17) is 16.3 Å². The molecule has 0 saturated carbocycles. The number of rotatable bonds is 10. The van der Waals surface area contributed by atoms with Crippen molar-refractivity contribution < 1.29 is 17.9 Å². The molecule has 0 radical (unpaired) electrons. The number of carbonyl (C=O) groups excluding carboxylic acids is 1. The van der Waals surface area contributed by atoms with Crippen molar-refractivity contribution in [1.82, 2.24) is 5.32 Å². The van der Waals surface area contributed by atoms with Crippen LogP contribution in [0.1, 0.15) is 30.6 Å². The van der Waals surface area contributed by atoms with Crippen molar-refractivity contribution in [1.29, 1.82) is 0 Å². The highest BCUT2D eigenvalue weighted by Gasteiger charge is 2.15. The minimum absolute atomic E-state index is 0.0704. The summed E-state index contributed by atoms with van der Waals surface area (Å²) in [5.74, 6) is 0.233. The number of benzene rings is 2. The number of ether oxygens (including phenoxy) is 1. The second-order valence-corrected chi connectivity index (χ2v) is 8.83. The molecule has 0 spiro atoms. The highest BCUT2D eigenvalue weighted by molar-refractivity contribution is 7.92. The average Bonchev–Trinajstić information content (AvgIpc) is 2.66. The molecule has 2 aromatic rings. The van der Waals surface area contributed by atoms with Gasteiger partial charge in [-0.15, -0.1) is 0 Å². The Labute approximate surface area is 171 Å². The van der Waals surface area contributed by atoms with Crippen molar-refractivity contribution in [3.05, 3.63) is 59.1 Å². The lowest BCUT2D eigenvalue weighted by atomic mass is 10.2. The van der Waals surface area contributed by atoms with Gasteiger partial charge in [-0.2, -0.15) is 0 Å². The predicted octanol–water partition coefficient (Wildman–Crippen LogP) is 3.93. The third-order valence-electron chi connectivity index (χ3n) is 3.73. The highest BCUT2D eigenvalue weighted by Crippen LogP contribution is 2.18. The number of hydrogen-bond donors (Lipinski definition) is 2. The molecule has 0 aliphatic heterocycles. The molecule has 8 heteroatoms. The first kappa shape index (κ1) is 22.2. The second kappa shape index (κ2) is 10.5. The molecule has 28 heavy (non-hydrogen) atoms. The molecular formula is C20H25ClN2O4S. The standard InChI is InChI=1S/C20H25ClN2O4S/c1-15(2)14-27-13-3-12-22-20(24)16-4-10-19(11-5-16)28(25,26)23-18-8-6-17(21)7-9-18/h4-11,15,23H,3,12-14H2,1-2H3,(H,22,24). The van der Waals surface area contributed by atoms with Gasteiger partial charge in [0, 0.05) is 36.0 Å². The number of nitrogens with one attached hydrogen (secondary N) is 2. The second-order valence-electron chi connectivity index (χ2n) is 6.71. The Balaban J connectivity index is 1.87. The topological polar surface area (TPSA) is 84.5 Å². The zero-order chi connectivity index (χ0) is 20.6. The number of sulfonamides is 1. The molecule has 0 bridgehead atoms. The van der Waals surface area contributed by atoms with E-state index in [1.807, 2.05) is 0 Å². The van der Waals surface area contributed by atoms with Crippen LogP contribution in [0.15, 0.2) is 53.4 Å². The summed E-state index contributed by atoms with van der Waals surface area (Å²) in [6.07, 6.45) is 0.718. The van der Waals surface area contributed by atoms with Crippen LogP contribution in [-0.2, 0) is 14.8 Å². The molecule has 0 aromatic heterocycles. The molecule has 0 heterocycles. The van der Waals surface area contributed by atoms with Crippen molar-refractivity contribution in [3.63, 3.8) is 0 Å². The molecular weight excluding hydrogens is 400 g/mol. The lowest BCUT2D eigenvalue weighted by Gasteiger charge is -2.10. The maximum absolute atomic E-state index is 12.4. The number of halogens is 1. The third kappa shape index (κ3) is 7.14. The number of hydrogen-bond acceptors (Lipinski definition) is 4. The highest BCUT2D eigenvalue weighted by atomic mass is 35.5. The van der Waals surface area contributed by atoms with Gasteiger partial charge in [-0.3, -0.25) is 9.52 Å². The van der Waals surface area contributed by atoms with Crippen LogP contribution in [0.2, 0.25) is 5.02 Å². The Morgan fingerprint density at radius 3 is 2.32 bits per heavy atom. The van der Waals surface area contributed by atoms with E-state index in [2.05, 4.69) is 23.9 Å². The van der Waals surface area contributed by atoms with E-state index in [-0.39, 0.29) is 10.8 Å². The fourth-order valence-corrected chi connectivity index (χ4v) is 3.50. The van der Waals surface area contributed by atoms with E-state index < -0.39 is 10.0 Å². The lowest BCUT2D eigenvalue weighted by molar-refractivity contribution is 0.0925. The predicted molar refractivity (Wildman–Crippen MR) is 111 cm³/mol. The Hall–Kier alpha value is -2.09. The van der Waals surface area contributed by atoms with Gasteiger partial charge in [-0.25, -0.2) is 8.42 Å². The van der Waals surface area contributed by atoms with Crippen LogP contribution in [0.3, 0.4) is 0 Å². The van der Waals surface area contributed by atoms with Gasteiger partial charge >= 0.3 is 0 Å². The van der Waals surface area contributed by atoms with Gasteiger partial charge in [-0.1, -0.05) is 25.4 Å². The monoisotopic (exact) mass is 424 g/mol. The van der Waals surface area contributed by atoms with Gasteiger partial charge in [0.15, 0.2) is 0 Å². The van der Waals surface area contributed by atoms with E-state index in [1.165, 1.54) is 24.3 Å². The van der Waals surface area contributed by atoms with Crippen LogP contribution >= 0.6 is 11.6 Å². The van der Waals surface area contributed by atoms with Gasteiger partial charge in [0.25, 0.3) is 15.9 Å². The van der Waals surface area contributed by atoms with Gasteiger partial charge in [0.05, 0.1) is 4.90 Å². The first-order valence-corrected chi connectivity index (χ1v) is 10.9. The Morgan fingerprint density at radius 2 is 1.71 bits per heavy atom. The normalized spacial score (nSPS) is 11.4. The molecule has 2 aromatic carbocycles. The van der Waals surface area contributed by atoms with E-state index in [9.17, 15) is 13.2 Å². The summed E-state index contributed by atoms with van der Waals surface area (Å²) in [6.45, 7) is 5.95. The maximum atomic E-state index is 12.4. The average molecular weight is 425 g/mol. The van der Waals surface area contributed by atoms with Crippen molar-refractivity contribution in [2.24, 2.45) is 5.92 Å². The molecule has 2 rings (SSSR count). The molecule has 1 amide bonds. The quantitative estimate of drug-likeness (QED) is 0.566. The maximum Gasteiger partial charge on any atom is 0.261 e. The van der Waals surface area contributed by atoms with Gasteiger partial charge in [0.1, 0.15) is 0 Å². The number of amides is 1. The number of anilines is 1. The summed E-state index contributed by atoms with van der Waals surface area (Å²) in [6, 6.07) is 12.1. The van der Waals surface area contributed by atoms with Crippen LogP contribution in [0.25, 0.3) is 0 Å². The molecule has 0 aliphatic carbocycles. The lowest BCUT2D eigenvalue weighted by Crippen LogP contribution is -2.25. The van der Waals surface area contributed by atoms with Crippen molar-refractivity contribution in [2.75, 3.05) is 24.5 Å². The fourth-order valence-electron chi connectivity index (χ4n) is 2.31. The Bertz CT molecular complexity index is 866. The fraction of sp³-hybridized carbons (Fsp3) is 0.350. The van der Waals surface area contributed by atoms with E-state index >= 15 is 0 Å². The van der Waals surface area contributed by atoms with E-state index in [1.54, 1.807) is 24.3 Å². The molecule has 0 fully saturated rings. The third-order valence-corrected chi connectivity index (χ3v) is 5.37. The minimum atomic E-state index is -3.74. The molecule has 0 atom stereocenters. The minimum Gasteiger partial charge on any atom is -0.381 e. The van der Waals surface area contributed by atoms with Gasteiger partial charge < -0.3 is 10.1 Å². The van der Waals surface area contributed by atoms with E-state index in [0.29, 0.717) is 41.9 Å². The summed E-state index contributed by atoms with van der Waals surface area (Å²) in [7, 11) is -3.74. The first-order chi connectivity index (χ1) is 13.3. The zero-order valence-electron chi connectivity index (χ0n) is 15.9. The van der Waals surface area contributed by atoms with Crippen molar-refractivity contribution in [3.8, 4) is 0 Å². The van der Waals surface area contributed by atoms with Crippen LogP contribution in [0.5, 0.6) is 0 Å². The SMILES string of the molecule is CC(C)COCCCNC(=O)c1ccc(S(=O)(=O)Nc2ccc(Cl)cc2)cc1. The van der Waals surface area contributed by atoms with Crippen LogP contribution in [0.4, 0.5) is 5.69 Å². The van der Waals surface area contributed by atoms with Gasteiger partial charge in [0.2, 0.25) is 0 Å². The van der Waals surface area contributed by atoms with E-state index in [0.717, 1.165) is 6.42 Å². The Morgan fingerprint density at radius 1 is 1.07 bits per heavy atom. The smallest absolute Gasteiger partial charge is 0.261 e. The number of carbonyl (C=O) groups is 1. The summed E-state index contributed by atoms with van der Waals surface area (Å²) in [4.78, 5) is 12.2. The van der Waals surface area contributed by atoms with Crippen molar-refractivity contribution >= 4 is 33.2 Å². The van der Waals surface area contributed by atoms with Gasteiger partial charge in [-0.05, 0) is 60.9 Å². The molecule has 152 valence electrons. The van der Waals surface area contributed by atoms with Crippen LogP contribution in [-0.4, -0.2) is 34.1 Å². The largest absolute Gasteiger partial charge is 0.381 e. The first-order valence-electron chi connectivity index (χ1n) is 9.02. The summed E-state index contributed by atoms with van der Waals surface area (Å²) >= 11 is 5.80. The van der Waals surface area contributed by atoms with Crippen LogP contribution < -0.4 is 10.0 Å². The molecule has 0 unspecified atom stereocenters. The van der Waals surface area contributed by atoms with Crippen LogP contribution in [0, 0.1) is 5.92 Å².